The molecule has 1 aromatic heterocycles. The molecule has 3 rings (SSSR count). The summed E-state index contributed by atoms with van der Waals surface area (Å²) in [4.78, 5) is 16.8. The summed E-state index contributed by atoms with van der Waals surface area (Å²) < 4.78 is 23.1. The standard InChI is InChI=1S/C20H25N3O3S/c1-13(2)17-6-4-5-14(3)19(17)23-18-11-15(7-9-21-18)20(24)22-16-8-10-27(25,26)12-16/h4-7,9,11,13,16H,8,10,12H2,1-3H3,(H,21,23)(H,22,24). The number of nitrogens with zero attached hydrogens (tertiary/aromatic N) is 1. The van der Waals surface area contributed by atoms with Gasteiger partial charge in [-0.1, -0.05) is 32.0 Å². The van der Waals surface area contributed by atoms with Gasteiger partial charge in [-0.2, -0.15) is 0 Å². The van der Waals surface area contributed by atoms with E-state index in [9.17, 15) is 13.2 Å². The van der Waals surface area contributed by atoms with Crippen molar-refractivity contribution in [2.75, 3.05) is 16.8 Å². The molecule has 144 valence electrons. The zero-order chi connectivity index (χ0) is 19.6. The molecule has 1 aliphatic rings. The molecule has 0 saturated carbocycles. The normalized spacial score (nSPS) is 18.4. The van der Waals surface area contributed by atoms with Crippen molar-refractivity contribution in [2.24, 2.45) is 0 Å². The number of hydrogen-bond acceptors (Lipinski definition) is 5. The molecule has 1 atom stereocenters. The lowest BCUT2D eigenvalue weighted by atomic mass is 9.98. The fourth-order valence-corrected chi connectivity index (χ4v) is 4.96. The molecule has 0 spiro atoms. The summed E-state index contributed by atoms with van der Waals surface area (Å²) in [6, 6.07) is 9.14. The third-order valence-electron chi connectivity index (χ3n) is 4.77. The highest BCUT2D eigenvalue weighted by Crippen LogP contribution is 2.29. The smallest absolute Gasteiger partial charge is 0.251 e. The summed E-state index contributed by atoms with van der Waals surface area (Å²) in [7, 11) is -3.03. The van der Waals surface area contributed by atoms with Crippen LogP contribution in [0.5, 0.6) is 0 Å². The van der Waals surface area contributed by atoms with Gasteiger partial charge in [-0.15, -0.1) is 0 Å². The van der Waals surface area contributed by atoms with Crippen molar-refractivity contribution < 1.29 is 13.2 Å². The average molecular weight is 388 g/mol. The first-order valence-corrected chi connectivity index (χ1v) is 10.9. The number of benzene rings is 1. The molecule has 1 unspecified atom stereocenters. The SMILES string of the molecule is Cc1cccc(C(C)C)c1Nc1cc(C(=O)NC2CCS(=O)(=O)C2)ccn1. The molecule has 7 heteroatoms. The van der Waals surface area contributed by atoms with Crippen molar-refractivity contribution in [3.63, 3.8) is 0 Å². The van der Waals surface area contributed by atoms with Crippen LogP contribution in [-0.2, 0) is 9.84 Å². The highest BCUT2D eigenvalue weighted by atomic mass is 32.2. The number of anilines is 2. The van der Waals surface area contributed by atoms with Crippen LogP contribution in [0.25, 0.3) is 0 Å². The zero-order valence-corrected chi connectivity index (χ0v) is 16.6. The topological polar surface area (TPSA) is 88.2 Å². The van der Waals surface area contributed by atoms with Gasteiger partial charge in [0.1, 0.15) is 5.82 Å². The monoisotopic (exact) mass is 387 g/mol. The zero-order valence-electron chi connectivity index (χ0n) is 15.8. The molecule has 6 nitrogen and oxygen atoms in total. The van der Waals surface area contributed by atoms with Crippen molar-refractivity contribution >= 4 is 27.2 Å². The Hall–Kier alpha value is -2.41. The van der Waals surface area contributed by atoms with E-state index in [2.05, 4.69) is 35.5 Å². The van der Waals surface area contributed by atoms with Crippen LogP contribution in [0.2, 0.25) is 0 Å². The van der Waals surface area contributed by atoms with Crippen LogP contribution in [-0.4, -0.2) is 36.9 Å². The van der Waals surface area contributed by atoms with Gasteiger partial charge in [0.05, 0.1) is 11.5 Å². The Balaban J connectivity index is 1.78. The first-order chi connectivity index (χ1) is 12.7. The Bertz CT molecular complexity index is 955. The molecule has 1 amide bonds. The summed E-state index contributed by atoms with van der Waals surface area (Å²) in [6.45, 7) is 6.30. The van der Waals surface area contributed by atoms with Gasteiger partial charge in [-0.05, 0) is 42.5 Å². The predicted molar refractivity (Wildman–Crippen MR) is 107 cm³/mol. The Morgan fingerprint density at radius 3 is 2.70 bits per heavy atom. The Labute approximate surface area is 160 Å². The number of carbonyl (C=O) groups is 1. The molecular formula is C20H25N3O3S. The van der Waals surface area contributed by atoms with E-state index in [1.54, 1.807) is 18.3 Å². The van der Waals surface area contributed by atoms with Gasteiger partial charge in [-0.3, -0.25) is 4.79 Å². The van der Waals surface area contributed by atoms with Crippen LogP contribution in [0.4, 0.5) is 11.5 Å². The molecule has 2 N–H and O–H groups in total. The predicted octanol–water partition coefficient (Wildman–Crippen LogP) is 3.17. The second-order valence-corrected chi connectivity index (χ2v) is 9.55. The minimum Gasteiger partial charge on any atom is -0.348 e. The Morgan fingerprint density at radius 2 is 2.04 bits per heavy atom. The number of nitrogens with one attached hydrogen (secondary N) is 2. The van der Waals surface area contributed by atoms with Gasteiger partial charge < -0.3 is 10.6 Å². The molecule has 1 saturated heterocycles. The van der Waals surface area contributed by atoms with Gasteiger partial charge in [0, 0.05) is 23.5 Å². The van der Waals surface area contributed by atoms with Gasteiger partial charge in [0.25, 0.3) is 5.91 Å². The fraction of sp³-hybridized carbons (Fsp3) is 0.400. The van der Waals surface area contributed by atoms with Crippen molar-refractivity contribution in [1.29, 1.82) is 0 Å². The number of para-hydroxylation sites is 1. The van der Waals surface area contributed by atoms with Gasteiger partial charge in [-0.25, -0.2) is 13.4 Å². The van der Waals surface area contributed by atoms with Crippen molar-refractivity contribution in [3.05, 3.63) is 53.2 Å². The molecule has 1 aromatic carbocycles. The molecule has 0 bridgehead atoms. The number of carbonyl (C=O) groups excluding carboxylic acids is 1. The average Bonchev–Trinajstić information content (AvgIpc) is 2.95. The van der Waals surface area contributed by atoms with E-state index in [-0.39, 0.29) is 23.5 Å². The molecule has 2 aromatic rings. The van der Waals surface area contributed by atoms with E-state index in [1.807, 2.05) is 19.1 Å². The fourth-order valence-electron chi connectivity index (χ4n) is 3.29. The second kappa shape index (κ2) is 7.68. The number of sulfone groups is 1. The van der Waals surface area contributed by atoms with E-state index >= 15 is 0 Å². The van der Waals surface area contributed by atoms with Crippen LogP contribution in [0.3, 0.4) is 0 Å². The molecule has 1 fully saturated rings. The van der Waals surface area contributed by atoms with E-state index in [4.69, 9.17) is 0 Å². The third-order valence-corrected chi connectivity index (χ3v) is 6.54. The van der Waals surface area contributed by atoms with Gasteiger partial charge >= 0.3 is 0 Å². The summed E-state index contributed by atoms with van der Waals surface area (Å²) in [5.41, 5.74) is 3.74. The van der Waals surface area contributed by atoms with Gasteiger partial charge in [0.2, 0.25) is 0 Å². The lowest BCUT2D eigenvalue weighted by Gasteiger charge is -2.17. The maximum absolute atomic E-state index is 12.5. The first-order valence-electron chi connectivity index (χ1n) is 9.09. The largest absolute Gasteiger partial charge is 0.348 e. The van der Waals surface area contributed by atoms with E-state index in [1.165, 1.54) is 5.56 Å². The maximum Gasteiger partial charge on any atom is 0.251 e. The van der Waals surface area contributed by atoms with Crippen LogP contribution in [0.15, 0.2) is 36.5 Å². The van der Waals surface area contributed by atoms with Crippen molar-refractivity contribution in [1.82, 2.24) is 10.3 Å². The number of aromatic nitrogens is 1. The summed E-state index contributed by atoms with van der Waals surface area (Å²) in [5, 5.41) is 6.15. The van der Waals surface area contributed by atoms with Crippen LogP contribution in [0.1, 0.15) is 47.7 Å². The molecule has 0 aliphatic carbocycles. The van der Waals surface area contributed by atoms with E-state index < -0.39 is 9.84 Å². The molecular weight excluding hydrogens is 362 g/mol. The van der Waals surface area contributed by atoms with Gasteiger partial charge in [0.15, 0.2) is 9.84 Å². The lowest BCUT2D eigenvalue weighted by Crippen LogP contribution is -2.35. The van der Waals surface area contributed by atoms with Crippen molar-refractivity contribution in [2.45, 2.75) is 39.2 Å². The van der Waals surface area contributed by atoms with Crippen LogP contribution in [0, 0.1) is 6.92 Å². The first kappa shape index (κ1) is 19.4. The highest BCUT2D eigenvalue weighted by Gasteiger charge is 2.29. The molecule has 0 radical (unpaired) electrons. The van der Waals surface area contributed by atoms with E-state index in [0.717, 1.165) is 11.3 Å². The molecule has 2 heterocycles. The number of hydrogen-bond donors (Lipinski definition) is 2. The quantitative estimate of drug-likeness (QED) is 0.823. The summed E-state index contributed by atoms with van der Waals surface area (Å²) in [6.07, 6.45) is 2.04. The third kappa shape index (κ3) is 4.66. The summed E-state index contributed by atoms with van der Waals surface area (Å²) >= 11 is 0. The summed E-state index contributed by atoms with van der Waals surface area (Å²) in [5.74, 6) is 0.792. The van der Waals surface area contributed by atoms with Crippen LogP contribution < -0.4 is 10.6 Å². The number of amides is 1. The minimum absolute atomic E-state index is 0.00981. The lowest BCUT2D eigenvalue weighted by molar-refractivity contribution is 0.0941. The highest BCUT2D eigenvalue weighted by molar-refractivity contribution is 7.91. The minimum atomic E-state index is -3.03. The molecule has 27 heavy (non-hydrogen) atoms. The van der Waals surface area contributed by atoms with Crippen molar-refractivity contribution in [3.8, 4) is 0 Å². The Kier molecular flexibility index (Phi) is 5.51. The van der Waals surface area contributed by atoms with Crippen LogP contribution >= 0.6 is 0 Å². The Morgan fingerprint density at radius 1 is 1.26 bits per heavy atom. The van der Waals surface area contributed by atoms with E-state index in [0.29, 0.717) is 23.7 Å². The molecule has 1 aliphatic heterocycles. The maximum atomic E-state index is 12.5. The second-order valence-electron chi connectivity index (χ2n) is 7.32. The number of rotatable bonds is 5. The number of pyridine rings is 1. The number of aryl methyl sites for hydroxylation is 1.